The summed E-state index contributed by atoms with van der Waals surface area (Å²) >= 11 is 1.42. The zero-order valence-corrected chi connectivity index (χ0v) is 12.9. The number of methoxy groups -OCH3 is 1. The van der Waals surface area contributed by atoms with Crippen LogP contribution in [-0.4, -0.2) is 31.3 Å². The van der Waals surface area contributed by atoms with Crippen molar-refractivity contribution >= 4 is 22.2 Å². The number of thiazole rings is 1. The van der Waals surface area contributed by atoms with Crippen LogP contribution in [-0.2, 0) is 4.74 Å². The highest BCUT2D eigenvalue weighted by molar-refractivity contribution is 7.15. The predicted octanol–water partition coefficient (Wildman–Crippen LogP) is 3.06. The number of ether oxygens (including phenoxy) is 1. The first-order valence-electron chi connectivity index (χ1n) is 6.89. The minimum atomic E-state index is -0.227. The summed E-state index contributed by atoms with van der Waals surface area (Å²) in [4.78, 5) is 7.29. The zero-order chi connectivity index (χ0) is 15.0. The molecule has 2 aromatic rings. The number of rotatable bonds is 3. The van der Waals surface area contributed by atoms with Gasteiger partial charge >= 0.3 is 0 Å². The van der Waals surface area contributed by atoms with Crippen molar-refractivity contribution in [3.63, 3.8) is 0 Å². The lowest BCUT2D eigenvalue weighted by atomic mass is 10.1. The highest BCUT2D eigenvalue weighted by atomic mass is 32.1. The Morgan fingerprint density at radius 1 is 1.48 bits per heavy atom. The summed E-state index contributed by atoms with van der Waals surface area (Å²) in [7, 11) is 1.70. The number of hydrogen-bond acceptors (Lipinski definition) is 5. The van der Waals surface area contributed by atoms with E-state index in [4.69, 9.17) is 10.5 Å². The molecule has 1 aromatic carbocycles. The zero-order valence-electron chi connectivity index (χ0n) is 12.1. The first kappa shape index (κ1) is 14.3. The van der Waals surface area contributed by atoms with Crippen molar-refractivity contribution in [1.82, 2.24) is 4.98 Å². The lowest BCUT2D eigenvalue weighted by Gasteiger charge is -2.19. The number of nitrogens with two attached hydrogens (primary N) is 1. The molecule has 0 radical (unpaired) electrons. The van der Waals surface area contributed by atoms with E-state index in [-0.39, 0.29) is 11.9 Å². The standard InChI is InChI=1S/C15H18FN3OS/c1-9-14(18-15(17)21-9)10-3-4-13(12(16)7-10)19-6-5-11(8-19)20-2/h3-4,7,11H,5-6,8H2,1-2H3,(H2,17,18)/t11-/m0/s1. The molecule has 0 aliphatic carbocycles. The molecular weight excluding hydrogens is 289 g/mol. The molecule has 21 heavy (non-hydrogen) atoms. The fourth-order valence-electron chi connectivity index (χ4n) is 2.73. The van der Waals surface area contributed by atoms with Gasteiger partial charge in [0.1, 0.15) is 5.82 Å². The van der Waals surface area contributed by atoms with E-state index in [9.17, 15) is 4.39 Å². The van der Waals surface area contributed by atoms with Crippen molar-refractivity contribution in [3.05, 3.63) is 28.9 Å². The fraction of sp³-hybridized carbons (Fsp3) is 0.400. The number of halogens is 1. The van der Waals surface area contributed by atoms with E-state index < -0.39 is 0 Å². The topological polar surface area (TPSA) is 51.4 Å². The second-order valence-electron chi connectivity index (χ2n) is 5.22. The van der Waals surface area contributed by atoms with Gasteiger partial charge in [0, 0.05) is 30.6 Å². The quantitative estimate of drug-likeness (QED) is 0.947. The molecule has 3 rings (SSSR count). The van der Waals surface area contributed by atoms with Crippen LogP contribution in [0.25, 0.3) is 11.3 Å². The normalized spacial score (nSPS) is 18.4. The van der Waals surface area contributed by atoms with E-state index in [1.54, 1.807) is 7.11 Å². The van der Waals surface area contributed by atoms with Gasteiger partial charge in [-0.05, 0) is 25.5 Å². The van der Waals surface area contributed by atoms with E-state index in [0.717, 1.165) is 35.6 Å². The van der Waals surface area contributed by atoms with Crippen molar-refractivity contribution < 1.29 is 9.13 Å². The summed E-state index contributed by atoms with van der Waals surface area (Å²) in [5.74, 6) is -0.227. The molecule has 0 bridgehead atoms. The molecule has 0 amide bonds. The van der Waals surface area contributed by atoms with Gasteiger partial charge in [-0.2, -0.15) is 0 Å². The average Bonchev–Trinajstić information content (AvgIpc) is 3.05. The number of anilines is 2. The maximum absolute atomic E-state index is 14.4. The molecule has 2 heterocycles. The largest absolute Gasteiger partial charge is 0.380 e. The Morgan fingerprint density at radius 3 is 2.86 bits per heavy atom. The van der Waals surface area contributed by atoms with Gasteiger partial charge in [-0.25, -0.2) is 9.37 Å². The summed E-state index contributed by atoms with van der Waals surface area (Å²) in [5.41, 5.74) is 7.86. The van der Waals surface area contributed by atoms with Crippen LogP contribution in [0.3, 0.4) is 0 Å². The van der Waals surface area contributed by atoms with Crippen molar-refractivity contribution in [2.75, 3.05) is 30.8 Å². The van der Waals surface area contributed by atoms with E-state index in [1.807, 2.05) is 24.0 Å². The number of aromatic nitrogens is 1. The van der Waals surface area contributed by atoms with Crippen LogP contribution in [0.5, 0.6) is 0 Å². The van der Waals surface area contributed by atoms with Crippen LogP contribution < -0.4 is 10.6 Å². The fourth-order valence-corrected chi connectivity index (χ4v) is 3.45. The summed E-state index contributed by atoms with van der Waals surface area (Å²) in [6.45, 7) is 3.49. The van der Waals surface area contributed by atoms with Gasteiger partial charge in [0.15, 0.2) is 5.13 Å². The Balaban J connectivity index is 1.88. The molecule has 0 saturated carbocycles. The highest BCUT2D eigenvalue weighted by Crippen LogP contribution is 2.32. The molecule has 1 aliphatic rings. The van der Waals surface area contributed by atoms with Crippen molar-refractivity contribution in [1.29, 1.82) is 0 Å². The molecule has 1 saturated heterocycles. The molecule has 4 nitrogen and oxygen atoms in total. The third-order valence-electron chi connectivity index (χ3n) is 3.85. The second-order valence-corrected chi connectivity index (χ2v) is 6.45. The summed E-state index contributed by atoms with van der Waals surface area (Å²) in [6, 6.07) is 5.26. The molecule has 0 spiro atoms. The van der Waals surface area contributed by atoms with E-state index in [0.29, 0.717) is 10.8 Å². The number of hydrogen-bond donors (Lipinski definition) is 1. The molecular formula is C15H18FN3OS. The van der Waals surface area contributed by atoms with Gasteiger partial charge in [-0.15, -0.1) is 11.3 Å². The molecule has 1 aliphatic heterocycles. The summed E-state index contributed by atoms with van der Waals surface area (Å²) < 4.78 is 19.7. The van der Waals surface area contributed by atoms with E-state index >= 15 is 0 Å². The van der Waals surface area contributed by atoms with Gasteiger partial charge in [0.2, 0.25) is 0 Å². The molecule has 1 aromatic heterocycles. The Bertz CT molecular complexity index is 658. The van der Waals surface area contributed by atoms with Gasteiger partial charge in [0.25, 0.3) is 0 Å². The lowest BCUT2D eigenvalue weighted by molar-refractivity contribution is 0.121. The van der Waals surface area contributed by atoms with Crippen LogP contribution in [0.1, 0.15) is 11.3 Å². The highest BCUT2D eigenvalue weighted by Gasteiger charge is 2.24. The minimum absolute atomic E-state index is 0.185. The Hall–Kier alpha value is -1.66. The molecule has 2 N–H and O–H groups in total. The number of nitrogens with zero attached hydrogens (tertiary/aromatic N) is 2. The molecule has 1 atom stereocenters. The number of nitrogen functional groups attached to an aromatic ring is 1. The molecule has 6 heteroatoms. The second kappa shape index (κ2) is 5.61. The van der Waals surface area contributed by atoms with Crippen LogP contribution in [0.4, 0.5) is 15.2 Å². The number of aryl methyl sites for hydroxylation is 1. The smallest absolute Gasteiger partial charge is 0.180 e. The first-order valence-corrected chi connectivity index (χ1v) is 7.70. The third kappa shape index (κ3) is 2.73. The average molecular weight is 307 g/mol. The number of benzene rings is 1. The Morgan fingerprint density at radius 2 is 2.29 bits per heavy atom. The van der Waals surface area contributed by atoms with Crippen LogP contribution in [0.15, 0.2) is 18.2 Å². The van der Waals surface area contributed by atoms with Gasteiger partial charge < -0.3 is 15.4 Å². The molecule has 1 fully saturated rings. The van der Waals surface area contributed by atoms with E-state index in [1.165, 1.54) is 17.4 Å². The lowest BCUT2D eigenvalue weighted by Crippen LogP contribution is -2.23. The van der Waals surface area contributed by atoms with E-state index in [2.05, 4.69) is 4.98 Å². The first-order chi connectivity index (χ1) is 10.1. The Kier molecular flexibility index (Phi) is 3.82. The monoisotopic (exact) mass is 307 g/mol. The van der Waals surface area contributed by atoms with Crippen molar-refractivity contribution in [2.45, 2.75) is 19.4 Å². The summed E-state index contributed by atoms with van der Waals surface area (Å²) in [5, 5.41) is 0.509. The predicted molar refractivity (Wildman–Crippen MR) is 84.3 cm³/mol. The summed E-state index contributed by atoms with van der Waals surface area (Å²) in [6.07, 6.45) is 1.11. The minimum Gasteiger partial charge on any atom is -0.380 e. The van der Waals surface area contributed by atoms with Crippen LogP contribution in [0, 0.1) is 12.7 Å². The maximum atomic E-state index is 14.4. The van der Waals surface area contributed by atoms with Crippen molar-refractivity contribution in [3.8, 4) is 11.3 Å². The molecule has 0 unspecified atom stereocenters. The molecule has 112 valence electrons. The van der Waals surface area contributed by atoms with Gasteiger partial charge in [-0.3, -0.25) is 0 Å². The SMILES string of the molecule is CO[C@H]1CCN(c2ccc(-c3nc(N)sc3C)cc2F)C1. The van der Waals surface area contributed by atoms with Crippen molar-refractivity contribution in [2.24, 2.45) is 0 Å². The van der Waals surface area contributed by atoms with Gasteiger partial charge in [-0.1, -0.05) is 6.07 Å². The van der Waals surface area contributed by atoms with Crippen LogP contribution >= 0.6 is 11.3 Å². The Labute approximate surface area is 127 Å². The van der Waals surface area contributed by atoms with Gasteiger partial charge in [0.05, 0.1) is 17.5 Å². The maximum Gasteiger partial charge on any atom is 0.180 e. The third-order valence-corrected chi connectivity index (χ3v) is 4.65. The van der Waals surface area contributed by atoms with Crippen LogP contribution in [0.2, 0.25) is 0 Å².